The monoisotopic (exact) mass is 267 g/mol. The lowest BCUT2D eigenvalue weighted by Crippen LogP contribution is -2.25. The molecule has 1 aromatic carbocycles. The van der Waals surface area contributed by atoms with Gasteiger partial charge in [-0.15, -0.1) is 0 Å². The molecule has 2 rings (SSSR count). The summed E-state index contributed by atoms with van der Waals surface area (Å²) in [5.74, 6) is 0.702. The minimum Gasteiger partial charge on any atom is -0.492 e. The minimum absolute atomic E-state index is 0.0244. The molecule has 0 spiro atoms. The van der Waals surface area contributed by atoms with Crippen LogP contribution in [-0.4, -0.2) is 36.9 Å². The molecule has 4 heteroatoms. The highest BCUT2D eigenvalue weighted by atomic mass is 35.5. The van der Waals surface area contributed by atoms with E-state index in [1.165, 1.54) is 32.9 Å². The molecule has 1 fully saturated rings. The van der Waals surface area contributed by atoms with Crippen molar-refractivity contribution in [3.63, 3.8) is 0 Å². The van der Waals surface area contributed by atoms with E-state index < -0.39 is 0 Å². The molecule has 3 nitrogen and oxygen atoms in total. The Kier molecular flexibility index (Phi) is 4.61. The van der Waals surface area contributed by atoms with Gasteiger partial charge in [0.2, 0.25) is 0 Å². The summed E-state index contributed by atoms with van der Waals surface area (Å²) in [6, 6.07) is 5.23. The Morgan fingerprint density at radius 3 is 2.72 bits per heavy atom. The molecule has 18 heavy (non-hydrogen) atoms. The van der Waals surface area contributed by atoms with Gasteiger partial charge < -0.3 is 4.74 Å². The molecule has 0 amide bonds. The van der Waals surface area contributed by atoms with Gasteiger partial charge in [0.15, 0.2) is 5.78 Å². The maximum absolute atomic E-state index is 11.2. The second-order valence-corrected chi connectivity index (χ2v) is 5.00. The first kappa shape index (κ1) is 13.4. The lowest BCUT2D eigenvalue weighted by Gasteiger charge is -2.15. The Bertz CT molecular complexity index is 428. The molecule has 0 radical (unpaired) electrons. The Balaban J connectivity index is 1.85. The zero-order valence-electron chi connectivity index (χ0n) is 10.6. The van der Waals surface area contributed by atoms with Crippen LogP contribution >= 0.6 is 11.6 Å². The van der Waals surface area contributed by atoms with Crippen molar-refractivity contribution in [2.24, 2.45) is 0 Å². The second-order valence-electron chi connectivity index (χ2n) is 4.60. The third kappa shape index (κ3) is 3.47. The summed E-state index contributed by atoms with van der Waals surface area (Å²) in [6.07, 6.45) is 2.58. The van der Waals surface area contributed by atoms with E-state index in [0.29, 0.717) is 17.2 Å². The Hall–Kier alpha value is -1.06. The van der Waals surface area contributed by atoms with Crippen molar-refractivity contribution in [1.29, 1.82) is 0 Å². The van der Waals surface area contributed by atoms with Crippen LogP contribution in [0.3, 0.4) is 0 Å². The SMILES string of the molecule is CC(=O)c1ccc(OCCN2CCCC2)cc1Cl. The first-order valence-electron chi connectivity index (χ1n) is 6.32. The van der Waals surface area contributed by atoms with Crippen LogP contribution in [0.5, 0.6) is 5.75 Å². The van der Waals surface area contributed by atoms with Gasteiger partial charge in [-0.3, -0.25) is 9.69 Å². The number of rotatable bonds is 5. The van der Waals surface area contributed by atoms with Crippen LogP contribution in [0.4, 0.5) is 0 Å². The molecule has 1 heterocycles. The average Bonchev–Trinajstić information content (AvgIpc) is 2.81. The van der Waals surface area contributed by atoms with Gasteiger partial charge in [-0.1, -0.05) is 11.6 Å². The number of likely N-dealkylation sites (tertiary alicyclic amines) is 1. The molecule has 1 aliphatic rings. The maximum Gasteiger partial charge on any atom is 0.161 e. The van der Waals surface area contributed by atoms with Crippen molar-refractivity contribution in [3.05, 3.63) is 28.8 Å². The van der Waals surface area contributed by atoms with Gasteiger partial charge in [0.1, 0.15) is 12.4 Å². The second kappa shape index (κ2) is 6.21. The Morgan fingerprint density at radius 1 is 1.39 bits per heavy atom. The fraction of sp³-hybridized carbons (Fsp3) is 0.500. The van der Waals surface area contributed by atoms with Crippen LogP contribution in [0.15, 0.2) is 18.2 Å². The van der Waals surface area contributed by atoms with Crippen LogP contribution in [0.25, 0.3) is 0 Å². The summed E-state index contributed by atoms with van der Waals surface area (Å²) in [5, 5.41) is 0.459. The van der Waals surface area contributed by atoms with Gasteiger partial charge in [0.05, 0.1) is 5.02 Å². The number of Topliss-reactive ketones (excluding diaryl/α,β-unsaturated/α-hetero) is 1. The first-order valence-corrected chi connectivity index (χ1v) is 6.70. The molecular weight excluding hydrogens is 250 g/mol. The highest BCUT2D eigenvalue weighted by molar-refractivity contribution is 6.34. The van der Waals surface area contributed by atoms with E-state index in [-0.39, 0.29) is 5.78 Å². The quantitative estimate of drug-likeness (QED) is 0.768. The molecule has 0 aromatic heterocycles. The summed E-state index contributed by atoms with van der Waals surface area (Å²) in [6.45, 7) is 5.47. The number of ether oxygens (including phenoxy) is 1. The zero-order valence-corrected chi connectivity index (χ0v) is 11.4. The van der Waals surface area contributed by atoms with Crippen molar-refractivity contribution in [2.75, 3.05) is 26.2 Å². The molecule has 0 N–H and O–H groups in total. The van der Waals surface area contributed by atoms with E-state index in [1.54, 1.807) is 18.2 Å². The molecule has 0 atom stereocenters. The topological polar surface area (TPSA) is 29.5 Å². The van der Waals surface area contributed by atoms with Crippen molar-refractivity contribution < 1.29 is 9.53 Å². The Labute approximate surface area is 113 Å². The molecular formula is C14H18ClNO2. The number of nitrogens with zero attached hydrogens (tertiary/aromatic N) is 1. The standard InChI is InChI=1S/C14H18ClNO2/c1-11(17)13-5-4-12(10-14(13)15)18-9-8-16-6-2-3-7-16/h4-5,10H,2-3,6-9H2,1H3. The predicted octanol–water partition coefficient (Wildman–Crippen LogP) is 3.02. The minimum atomic E-state index is -0.0244. The van der Waals surface area contributed by atoms with Gasteiger partial charge in [-0.2, -0.15) is 0 Å². The van der Waals surface area contributed by atoms with E-state index in [1.807, 2.05) is 0 Å². The summed E-state index contributed by atoms with van der Waals surface area (Å²) in [7, 11) is 0. The number of carbonyl (C=O) groups excluding carboxylic acids is 1. The van der Waals surface area contributed by atoms with Crippen molar-refractivity contribution in [1.82, 2.24) is 4.90 Å². The molecule has 0 saturated carbocycles. The average molecular weight is 268 g/mol. The lowest BCUT2D eigenvalue weighted by atomic mass is 10.1. The van der Waals surface area contributed by atoms with E-state index in [4.69, 9.17) is 16.3 Å². The van der Waals surface area contributed by atoms with Crippen LogP contribution in [0, 0.1) is 0 Å². The maximum atomic E-state index is 11.2. The van der Waals surface area contributed by atoms with E-state index in [2.05, 4.69) is 4.90 Å². The number of halogens is 1. The zero-order chi connectivity index (χ0) is 13.0. The van der Waals surface area contributed by atoms with Crippen LogP contribution in [0.1, 0.15) is 30.1 Å². The number of benzene rings is 1. The number of hydrogen-bond acceptors (Lipinski definition) is 3. The lowest BCUT2D eigenvalue weighted by molar-refractivity contribution is 0.101. The highest BCUT2D eigenvalue weighted by Gasteiger charge is 2.11. The van der Waals surface area contributed by atoms with Gasteiger partial charge in [-0.05, 0) is 51.1 Å². The predicted molar refractivity (Wildman–Crippen MR) is 72.6 cm³/mol. The normalized spacial score (nSPS) is 15.9. The van der Waals surface area contributed by atoms with Crippen molar-refractivity contribution in [2.45, 2.75) is 19.8 Å². The third-order valence-electron chi connectivity index (χ3n) is 3.19. The van der Waals surface area contributed by atoms with E-state index in [0.717, 1.165) is 12.3 Å². The largest absolute Gasteiger partial charge is 0.492 e. The fourth-order valence-electron chi connectivity index (χ4n) is 2.17. The van der Waals surface area contributed by atoms with Crippen LogP contribution in [0.2, 0.25) is 5.02 Å². The van der Waals surface area contributed by atoms with Gasteiger partial charge in [-0.25, -0.2) is 0 Å². The number of ketones is 1. The highest BCUT2D eigenvalue weighted by Crippen LogP contribution is 2.23. The molecule has 0 bridgehead atoms. The molecule has 1 saturated heterocycles. The summed E-state index contributed by atoms with van der Waals surface area (Å²) < 4.78 is 5.65. The third-order valence-corrected chi connectivity index (χ3v) is 3.51. The van der Waals surface area contributed by atoms with Gasteiger partial charge in [0, 0.05) is 12.1 Å². The molecule has 0 aliphatic carbocycles. The van der Waals surface area contributed by atoms with E-state index >= 15 is 0 Å². The number of hydrogen-bond donors (Lipinski definition) is 0. The molecule has 0 unspecified atom stereocenters. The van der Waals surface area contributed by atoms with E-state index in [9.17, 15) is 4.79 Å². The van der Waals surface area contributed by atoms with Gasteiger partial charge >= 0.3 is 0 Å². The smallest absolute Gasteiger partial charge is 0.161 e. The summed E-state index contributed by atoms with van der Waals surface area (Å²) in [4.78, 5) is 13.6. The van der Waals surface area contributed by atoms with Gasteiger partial charge in [0.25, 0.3) is 0 Å². The fourth-order valence-corrected chi connectivity index (χ4v) is 2.47. The first-order chi connectivity index (χ1) is 8.66. The van der Waals surface area contributed by atoms with Crippen molar-refractivity contribution in [3.8, 4) is 5.75 Å². The molecule has 98 valence electrons. The van der Waals surface area contributed by atoms with Crippen LogP contribution < -0.4 is 4.74 Å². The Morgan fingerprint density at radius 2 is 2.11 bits per heavy atom. The molecule has 1 aliphatic heterocycles. The molecule has 1 aromatic rings. The van der Waals surface area contributed by atoms with Crippen molar-refractivity contribution >= 4 is 17.4 Å². The number of carbonyl (C=O) groups is 1. The van der Waals surface area contributed by atoms with Crippen LogP contribution in [-0.2, 0) is 0 Å². The summed E-state index contributed by atoms with van der Waals surface area (Å²) >= 11 is 6.02. The summed E-state index contributed by atoms with van der Waals surface area (Å²) in [5.41, 5.74) is 0.545.